The van der Waals surface area contributed by atoms with Crippen LogP contribution in [-0.4, -0.2) is 28.4 Å². The lowest BCUT2D eigenvalue weighted by atomic mass is 10.3. The van der Waals surface area contributed by atoms with Crippen molar-refractivity contribution in [2.24, 2.45) is 0 Å². The van der Waals surface area contributed by atoms with Crippen LogP contribution in [0.1, 0.15) is 11.4 Å². The summed E-state index contributed by atoms with van der Waals surface area (Å²) in [4.78, 5) is 8.48. The standard InChI is InChI=1S/C9H13N3OS/c1-5-8(10)11-6(2)12-9(5)14-7-3-13-4-7/h7H,3-4H2,1-2H3,(H2,10,11,12). The first-order valence-electron chi connectivity index (χ1n) is 4.52. The van der Waals surface area contributed by atoms with Crippen LogP contribution in [0.15, 0.2) is 5.03 Å². The van der Waals surface area contributed by atoms with Crippen LogP contribution < -0.4 is 5.73 Å². The predicted octanol–water partition coefficient (Wildman–Crippen LogP) is 1.17. The highest BCUT2D eigenvalue weighted by Crippen LogP contribution is 2.30. The molecule has 0 saturated carbocycles. The Hall–Kier alpha value is -0.810. The van der Waals surface area contributed by atoms with Crippen LogP contribution in [0, 0.1) is 13.8 Å². The molecule has 0 bridgehead atoms. The van der Waals surface area contributed by atoms with Gasteiger partial charge in [0.15, 0.2) is 0 Å². The molecule has 0 aliphatic carbocycles. The second kappa shape index (κ2) is 3.74. The van der Waals surface area contributed by atoms with Crippen LogP contribution in [0.4, 0.5) is 5.82 Å². The molecule has 14 heavy (non-hydrogen) atoms. The molecule has 5 heteroatoms. The Balaban J connectivity index is 2.22. The smallest absolute Gasteiger partial charge is 0.131 e. The van der Waals surface area contributed by atoms with E-state index in [1.54, 1.807) is 11.8 Å². The Morgan fingerprint density at radius 2 is 2.07 bits per heavy atom. The van der Waals surface area contributed by atoms with Crippen LogP contribution in [0.2, 0.25) is 0 Å². The fraction of sp³-hybridized carbons (Fsp3) is 0.556. The summed E-state index contributed by atoms with van der Waals surface area (Å²) >= 11 is 1.73. The molecule has 1 aromatic heterocycles. The number of thioether (sulfide) groups is 1. The lowest BCUT2D eigenvalue weighted by Crippen LogP contribution is -2.30. The normalized spacial score (nSPS) is 16.7. The second-order valence-electron chi connectivity index (χ2n) is 3.36. The first-order valence-corrected chi connectivity index (χ1v) is 5.40. The van der Waals surface area contributed by atoms with Crippen LogP contribution in [-0.2, 0) is 4.74 Å². The molecule has 1 aliphatic heterocycles. The predicted molar refractivity (Wildman–Crippen MR) is 56.4 cm³/mol. The number of nitrogen functional groups attached to an aromatic ring is 1. The van der Waals surface area contributed by atoms with E-state index in [0.29, 0.717) is 11.1 Å². The van der Waals surface area contributed by atoms with E-state index in [1.165, 1.54) is 0 Å². The van der Waals surface area contributed by atoms with Crippen LogP contribution in [0.5, 0.6) is 0 Å². The first-order chi connectivity index (χ1) is 6.66. The third-order valence-corrected chi connectivity index (χ3v) is 3.36. The average molecular weight is 211 g/mol. The number of rotatable bonds is 2. The van der Waals surface area contributed by atoms with Gasteiger partial charge in [0.1, 0.15) is 16.7 Å². The first kappa shape index (κ1) is 9.73. The summed E-state index contributed by atoms with van der Waals surface area (Å²) in [5.74, 6) is 1.32. The number of nitrogens with zero attached hydrogens (tertiary/aromatic N) is 2. The highest BCUT2D eigenvalue weighted by Gasteiger charge is 2.21. The van der Waals surface area contributed by atoms with E-state index in [4.69, 9.17) is 10.5 Å². The van der Waals surface area contributed by atoms with Gasteiger partial charge in [-0.25, -0.2) is 9.97 Å². The number of ether oxygens (including phenoxy) is 1. The molecule has 0 amide bonds. The second-order valence-corrected chi connectivity index (χ2v) is 4.65. The molecular weight excluding hydrogens is 198 g/mol. The molecular formula is C9H13N3OS. The number of nitrogens with two attached hydrogens (primary N) is 1. The number of anilines is 1. The van der Waals surface area contributed by atoms with E-state index in [0.717, 1.165) is 29.6 Å². The number of aryl methyl sites for hydroxylation is 1. The summed E-state index contributed by atoms with van der Waals surface area (Å²) < 4.78 is 5.11. The van der Waals surface area contributed by atoms with E-state index in [2.05, 4.69) is 9.97 Å². The molecule has 0 atom stereocenters. The van der Waals surface area contributed by atoms with Gasteiger partial charge in [0.25, 0.3) is 0 Å². The van der Waals surface area contributed by atoms with Gasteiger partial charge in [-0.2, -0.15) is 0 Å². The molecule has 1 aromatic rings. The average Bonchev–Trinajstić information content (AvgIpc) is 2.05. The molecule has 0 radical (unpaired) electrons. The van der Waals surface area contributed by atoms with Gasteiger partial charge in [0.2, 0.25) is 0 Å². The van der Waals surface area contributed by atoms with Crippen LogP contribution in [0.3, 0.4) is 0 Å². The van der Waals surface area contributed by atoms with Gasteiger partial charge in [-0.15, -0.1) is 0 Å². The fourth-order valence-corrected chi connectivity index (χ4v) is 2.29. The quantitative estimate of drug-likeness (QED) is 0.744. The number of aromatic nitrogens is 2. The van der Waals surface area contributed by atoms with Gasteiger partial charge < -0.3 is 10.5 Å². The van der Waals surface area contributed by atoms with Gasteiger partial charge in [0, 0.05) is 5.56 Å². The van der Waals surface area contributed by atoms with Crippen LogP contribution >= 0.6 is 11.8 Å². The molecule has 0 unspecified atom stereocenters. The molecule has 1 fully saturated rings. The summed E-state index contributed by atoms with van der Waals surface area (Å²) in [5.41, 5.74) is 6.74. The largest absolute Gasteiger partial charge is 0.383 e. The van der Waals surface area contributed by atoms with E-state index in [9.17, 15) is 0 Å². The summed E-state index contributed by atoms with van der Waals surface area (Å²) in [6.45, 7) is 5.44. The van der Waals surface area contributed by atoms with Crippen molar-refractivity contribution in [2.45, 2.75) is 24.1 Å². The number of hydrogen-bond acceptors (Lipinski definition) is 5. The zero-order chi connectivity index (χ0) is 10.1. The molecule has 0 aromatic carbocycles. The monoisotopic (exact) mass is 211 g/mol. The van der Waals surface area contributed by atoms with Gasteiger partial charge in [-0.3, -0.25) is 0 Å². The minimum atomic E-state index is 0.530. The maximum atomic E-state index is 5.76. The molecule has 1 aliphatic rings. The van der Waals surface area contributed by atoms with Crippen molar-refractivity contribution < 1.29 is 4.74 Å². The van der Waals surface area contributed by atoms with E-state index < -0.39 is 0 Å². The Morgan fingerprint density at radius 1 is 1.36 bits per heavy atom. The minimum Gasteiger partial charge on any atom is -0.383 e. The SMILES string of the molecule is Cc1nc(N)c(C)c(SC2COC2)n1. The maximum absolute atomic E-state index is 5.76. The summed E-state index contributed by atoms with van der Waals surface area (Å²) in [7, 11) is 0. The van der Waals surface area contributed by atoms with Crippen molar-refractivity contribution in [1.29, 1.82) is 0 Å². The topological polar surface area (TPSA) is 61.0 Å². The van der Waals surface area contributed by atoms with Gasteiger partial charge in [-0.05, 0) is 13.8 Å². The third-order valence-electron chi connectivity index (χ3n) is 2.14. The Labute approximate surface area is 87.3 Å². The van der Waals surface area contributed by atoms with Gasteiger partial charge in [0.05, 0.1) is 18.5 Å². The molecule has 76 valence electrons. The lowest BCUT2D eigenvalue weighted by molar-refractivity contribution is 0.0454. The zero-order valence-electron chi connectivity index (χ0n) is 8.28. The van der Waals surface area contributed by atoms with Crippen molar-refractivity contribution >= 4 is 17.6 Å². The van der Waals surface area contributed by atoms with Gasteiger partial charge in [-0.1, -0.05) is 11.8 Å². The molecule has 2 rings (SSSR count). The molecule has 1 saturated heterocycles. The highest BCUT2D eigenvalue weighted by molar-refractivity contribution is 8.00. The van der Waals surface area contributed by atoms with Gasteiger partial charge >= 0.3 is 0 Å². The fourth-order valence-electron chi connectivity index (χ4n) is 1.18. The zero-order valence-corrected chi connectivity index (χ0v) is 9.10. The molecule has 2 N–H and O–H groups in total. The van der Waals surface area contributed by atoms with Crippen molar-refractivity contribution in [3.63, 3.8) is 0 Å². The Bertz CT molecular complexity index is 352. The molecule has 2 heterocycles. The summed E-state index contributed by atoms with van der Waals surface area (Å²) in [6, 6.07) is 0. The third kappa shape index (κ3) is 1.83. The highest BCUT2D eigenvalue weighted by atomic mass is 32.2. The van der Waals surface area contributed by atoms with Crippen LogP contribution in [0.25, 0.3) is 0 Å². The van der Waals surface area contributed by atoms with E-state index in [-0.39, 0.29) is 0 Å². The molecule has 4 nitrogen and oxygen atoms in total. The maximum Gasteiger partial charge on any atom is 0.131 e. The Kier molecular flexibility index (Phi) is 2.60. The van der Waals surface area contributed by atoms with Crippen molar-refractivity contribution in [1.82, 2.24) is 9.97 Å². The van der Waals surface area contributed by atoms with E-state index >= 15 is 0 Å². The number of hydrogen-bond donors (Lipinski definition) is 1. The minimum absolute atomic E-state index is 0.530. The van der Waals surface area contributed by atoms with Crippen molar-refractivity contribution in [2.75, 3.05) is 18.9 Å². The van der Waals surface area contributed by atoms with E-state index in [1.807, 2.05) is 13.8 Å². The molecule has 0 spiro atoms. The van der Waals surface area contributed by atoms with Crippen molar-refractivity contribution in [3.8, 4) is 0 Å². The van der Waals surface area contributed by atoms with Crippen molar-refractivity contribution in [3.05, 3.63) is 11.4 Å². The summed E-state index contributed by atoms with van der Waals surface area (Å²) in [6.07, 6.45) is 0. The Morgan fingerprint density at radius 3 is 2.64 bits per heavy atom. The lowest BCUT2D eigenvalue weighted by Gasteiger charge is -2.25. The summed E-state index contributed by atoms with van der Waals surface area (Å²) in [5, 5.41) is 1.52.